The van der Waals surface area contributed by atoms with Gasteiger partial charge in [0.2, 0.25) is 11.8 Å². The van der Waals surface area contributed by atoms with Crippen molar-refractivity contribution >= 4 is 17.8 Å². The molecule has 5 nitrogen and oxygen atoms in total. The molecule has 20 heavy (non-hydrogen) atoms. The third-order valence-corrected chi connectivity index (χ3v) is 3.43. The van der Waals surface area contributed by atoms with Crippen LogP contribution >= 0.6 is 0 Å². The Morgan fingerprint density at radius 1 is 1.15 bits per heavy atom. The molecule has 1 saturated heterocycles. The highest BCUT2D eigenvalue weighted by Crippen LogP contribution is 2.31. The summed E-state index contributed by atoms with van der Waals surface area (Å²) in [6.07, 6.45) is 3.57. The monoisotopic (exact) mass is 283 g/mol. The standard InChI is InChI=1S/C15H25NO4/c1-4-20-14(19)8-6-5-7-9-16-12(17)10-15(2,3)11-13(16)18/h4-11H2,1-3H3. The van der Waals surface area contributed by atoms with E-state index in [1.54, 1.807) is 6.92 Å². The van der Waals surface area contributed by atoms with E-state index >= 15 is 0 Å². The number of imide groups is 1. The van der Waals surface area contributed by atoms with Crippen molar-refractivity contribution in [2.75, 3.05) is 13.2 Å². The van der Waals surface area contributed by atoms with Crippen LogP contribution in [0.25, 0.3) is 0 Å². The van der Waals surface area contributed by atoms with Crippen LogP contribution in [0.5, 0.6) is 0 Å². The van der Waals surface area contributed by atoms with Crippen molar-refractivity contribution in [1.82, 2.24) is 4.90 Å². The van der Waals surface area contributed by atoms with Gasteiger partial charge < -0.3 is 4.74 Å². The number of ether oxygens (including phenoxy) is 1. The lowest BCUT2D eigenvalue weighted by Crippen LogP contribution is -2.46. The minimum atomic E-state index is -0.214. The molecular formula is C15H25NO4. The van der Waals surface area contributed by atoms with E-state index in [0.717, 1.165) is 19.3 Å². The van der Waals surface area contributed by atoms with Crippen molar-refractivity contribution in [1.29, 1.82) is 0 Å². The van der Waals surface area contributed by atoms with Gasteiger partial charge in [-0.2, -0.15) is 0 Å². The minimum absolute atomic E-state index is 0.0726. The van der Waals surface area contributed by atoms with Crippen molar-refractivity contribution in [3.8, 4) is 0 Å². The molecule has 0 radical (unpaired) electrons. The quantitative estimate of drug-likeness (QED) is 0.408. The van der Waals surface area contributed by atoms with E-state index in [9.17, 15) is 14.4 Å². The van der Waals surface area contributed by atoms with E-state index in [0.29, 0.717) is 32.4 Å². The highest BCUT2D eigenvalue weighted by Gasteiger charge is 2.36. The zero-order chi connectivity index (χ0) is 15.2. The van der Waals surface area contributed by atoms with Crippen LogP contribution in [-0.4, -0.2) is 35.8 Å². The second-order valence-corrected chi connectivity index (χ2v) is 6.07. The molecule has 0 aromatic heterocycles. The molecular weight excluding hydrogens is 258 g/mol. The third kappa shape index (κ3) is 5.31. The number of amides is 2. The van der Waals surface area contributed by atoms with Crippen LogP contribution in [0.15, 0.2) is 0 Å². The summed E-state index contributed by atoms with van der Waals surface area (Å²) in [4.78, 5) is 36.3. The van der Waals surface area contributed by atoms with Gasteiger partial charge in [-0.3, -0.25) is 19.3 Å². The Kier molecular flexibility index (Phi) is 6.17. The lowest BCUT2D eigenvalue weighted by Gasteiger charge is -2.34. The number of rotatable bonds is 7. The maximum absolute atomic E-state index is 11.9. The van der Waals surface area contributed by atoms with Crippen molar-refractivity contribution in [3.05, 3.63) is 0 Å². The van der Waals surface area contributed by atoms with Gasteiger partial charge in [-0.05, 0) is 25.2 Å². The molecule has 5 heteroatoms. The van der Waals surface area contributed by atoms with Gasteiger partial charge >= 0.3 is 5.97 Å². The van der Waals surface area contributed by atoms with Crippen LogP contribution in [0.4, 0.5) is 0 Å². The first-order chi connectivity index (χ1) is 9.35. The SMILES string of the molecule is CCOC(=O)CCCCCN1C(=O)CC(C)(C)CC1=O. The number of hydrogen-bond acceptors (Lipinski definition) is 4. The van der Waals surface area contributed by atoms with E-state index in [4.69, 9.17) is 4.74 Å². The van der Waals surface area contributed by atoms with Crippen molar-refractivity contribution < 1.29 is 19.1 Å². The molecule has 1 fully saturated rings. The smallest absolute Gasteiger partial charge is 0.305 e. The molecule has 1 rings (SSSR count). The zero-order valence-corrected chi connectivity index (χ0v) is 12.7. The second-order valence-electron chi connectivity index (χ2n) is 6.07. The van der Waals surface area contributed by atoms with Crippen LogP contribution in [0.3, 0.4) is 0 Å². The molecule has 114 valence electrons. The summed E-state index contributed by atoms with van der Waals surface area (Å²) in [5, 5.41) is 0. The molecule has 0 aliphatic carbocycles. The predicted molar refractivity (Wildman–Crippen MR) is 74.8 cm³/mol. The van der Waals surface area contributed by atoms with Crippen molar-refractivity contribution in [2.45, 2.75) is 59.3 Å². The second kappa shape index (κ2) is 7.41. The average Bonchev–Trinajstić information content (AvgIpc) is 2.30. The van der Waals surface area contributed by atoms with Crippen LogP contribution in [0, 0.1) is 5.41 Å². The summed E-state index contributed by atoms with van der Waals surface area (Å²) < 4.78 is 4.84. The topological polar surface area (TPSA) is 63.7 Å². The first-order valence-electron chi connectivity index (χ1n) is 7.34. The number of esters is 1. The third-order valence-electron chi connectivity index (χ3n) is 3.43. The number of hydrogen-bond donors (Lipinski definition) is 0. The van der Waals surface area contributed by atoms with Gasteiger partial charge in [0, 0.05) is 25.8 Å². The Morgan fingerprint density at radius 3 is 2.30 bits per heavy atom. The van der Waals surface area contributed by atoms with Crippen molar-refractivity contribution in [3.63, 3.8) is 0 Å². The van der Waals surface area contributed by atoms with E-state index in [1.807, 2.05) is 13.8 Å². The van der Waals surface area contributed by atoms with Gasteiger partial charge in [0.15, 0.2) is 0 Å². The maximum atomic E-state index is 11.9. The molecule has 0 atom stereocenters. The minimum Gasteiger partial charge on any atom is -0.466 e. The summed E-state index contributed by atoms with van der Waals surface area (Å²) >= 11 is 0. The normalized spacial score (nSPS) is 18.2. The zero-order valence-electron chi connectivity index (χ0n) is 12.7. The van der Waals surface area contributed by atoms with Gasteiger partial charge in [0.25, 0.3) is 0 Å². The van der Waals surface area contributed by atoms with Crippen LogP contribution < -0.4 is 0 Å². The van der Waals surface area contributed by atoms with E-state index in [2.05, 4.69) is 0 Å². The Morgan fingerprint density at radius 2 is 1.75 bits per heavy atom. The number of nitrogens with zero attached hydrogens (tertiary/aromatic N) is 1. The Hall–Kier alpha value is -1.39. The van der Waals surface area contributed by atoms with Crippen LogP contribution in [0.1, 0.15) is 59.3 Å². The fourth-order valence-corrected chi connectivity index (χ4v) is 2.41. The highest BCUT2D eigenvalue weighted by atomic mass is 16.5. The fourth-order valence-electron chi connectivity index (χ4n) is 2.41. The maximum Gasteiger partial charge on any atom is 0.305 e. The van der Waals surface area contributed by atoms with Crippen molar-refractivity contribution in [2.24, 2.45) is 5.41 Å². The molecule has 0 unspecified atom stereocenters. The summed E-state index contributed by atoms with van der Waals surface area (Å²) in [5.41, 5.74) is -0.214. The first kappa shape index (κ1) is 16.7. The van der Waals surface area contributed by atoms with Crippen LogP contribution in [-0.2, 0) is 19.1 Å². The molecule has 1 heterocycles. The molecule has 1 aliphatic rings. The Bertz CT molecular complexity index is 356. The first-order valence-corrected chi connectivity index (χ1v) is 7.34. The summed E-state index contributed by atoms with van der Waals surface area (Å²) in [6, 6.07) is 0. The molecule has 0 N–H and O–H groups in total. The largest absolute Gasteiger partial charge is 0.466 e. The number of carbonyl (C=O) groups excluding carboxylic acids is 3. The summed E-state index contributed by atoms with van der Waals surface area (Å²) in [7, 11) is 0. The molecule has 1 aliphatic heterocycles. The van der Waals surface area contributed by atoms with Gasteiger partial charge in [-0.25, -0.2) is 0 Å². The molecule has 0 spiro atoms. The molecule has 0 saturated carbocycles. The number of likely N-dealkylation sites (tertiary alicyclic amines) is 1. The van der Waals surface area contributed by atoms with Gasteiger partial charge in [0.1, 0.15) is 0 Å². The van der Waals surface area contributed by atoms with E-state index in [-0.39, 0.29) is 23.2 Å². The molecule has 2 amide bonds. The van der Waals surface area contributed by atoms with Gasteiger partial charge in [0.05, 0.1) is 6.61 Å². The van der Waals surface area contributed by atoms with Gasteiger partial charge in [-0.15, -0.1) is 0 Å². The van der Waals surface area contributed by atoms with Crippen LogP contribution in [0.2, 0.25) is 0 Å². The summed E-state index contributed by atoms with van der Waals surface area (Å²) in [6.45, 7) is 6.55. The van der Waals surface area contributed by atoms with E-state index in [1.165, 1.54) is 4.90 Å². The lowest BCUT2D eigenvalue weighted by atomic mass is 9.81. The number of piperidine rings is 1. The van der Waals surface area contributed by atoms with Gasteiger partial charge in [-0.1, -0.05) is 20.3 Å². The predicted octanol–water partition coefficient (Wildman–Crippen LogP) is 2.29. The molecule has 0 aromatic rings. The molecule has 0 aromatic carbocycles. The Labute approximate surface area is 120 Å². The number of unbranched alkanes of at least 4 members (excludes halogenated alkanes) is 2. The number of carbonyl (C=O) groups is 3. The van der Waals surface area contributed by atoms with E-state index < -0.39 is 0 Å². The highest BCUT2D eigenvalue weighted by molar-refractivity contribution is 5.98. The average molecular weight is 283 g/mol. The summed E-state index contributed by atoms with van der Waals surface area (Å²) in [5.74, 6) is -0.326. The fraction of sp³-hybridized carbons (Fsp3) is 0.800. The Balaban J connectivity index is 2.24. The molecule has 0 bridgehead atoms. The lowest BCUT2D eigenvalue weighted by molar-refractivity contribution is -0.152.